The van der Waals surface area contributed by atoms with Crippen LogP contribution >= 0.6 is 0 Å². The number of hydrogen-bond acceptors (Lipinski definition) is 3. The van der Waals surface area contributed by atoms with Gasteiger partial charge in [0.05, 0.1) is 0 Å². The van der Waals surface area contributed by atoms with E-state index in [2.05, 4.69) is 24.3 Å². The molecule has 0 unspecified atom stereocenters. The number of rotatable bonds is 2. The number of hydrogen-bond donors (Lipinski definition) is 1. The lowest BCUT2D eigenvalue weighted by Gasteiger charge is -2.08. The molecule has 0 saturated heterocycles. The van der Waals surface area contributed by atoms with Gasteiger partial charge in [0.2, 0.25) is 0 Å². The van der Waals surface area contributed by atoms with E-state index in [1.54, 1.807) is 0 Å². The van der Waals surface area contributed by atoms with Crippen LogP contribution in [0.4, 0.5) is 0 Å². The maximum Gasteiger partial charge on any atom is 0.569 e. The third kappa shape index (κ3) is 1.77. The average molecular weight is 311 g/mol. The SMILES string of the molecule is O[B]Oc1cc2oc3ccc4ccccc4c3c2c2ccccc12. The van der Waals surface area contributed by atoms with Gasteiger partial charge in [-0.3, -0.25) is 0 Å². The maximum atomic E-state index is 9.05. The predicted octanol–water partition coefficient (Wildman–Crippen LogP) is 4.80. The number of furan rings is 1. The Morgan fingerprint density at radius 2 is 1.46 bits per heavy atom. The van der Waals surface area contributed by atoms with Crippen molar-refractivity contribution in [3.63, 3.8) is 0 Å². The van der Waals surface area contributed by atoms with Gasteiger partial charge in [-0.1, -0.05) is 54.6 Å². The quantitative estimate of drug-likeness (QED) is 0.476. The standard InChI is InChI=1S/C20H12BO3/c22-21-24-17-11-18-20(15-8-4-3-7-14(15)17)19-13-6-2-1-5-12(13)9-10-16(19)23-18/h1-11,22H. The van der Waals surface area contributed by atoms with Crippen LogP contribution in [0.2, 0.25) is 0 Å². The third-order valence-electron chi connectivity index (χ3n) is 4.51. The molecule has 1 N–H and O–H groups in total. The van der Waals surface area contributed by atoms with Crippen LogP contribution in [-0.2, 0) is 0 Å². The highest BCUT2D eigenvalue weighted by Gasteiger charge is 2.16. The molecule has 0 saturated carbocycles. The van der Waals surface area contributed by atoms with E-state index in [0.717, 1.165) is 32.7 Å². The molecule has 4 heteroatoms. The van der Waals surface area contributed by atoms with Crippen LogP contribution in [0.5, 0.6) is 5.75 Å². The molecule has 1 aromatic heterocycles. The summed E-state index contributed by atoms with van der Waals surface area (Å²) in [5.74, 6) is 0.573. The maximum absolute atomic E-state index is 9.05. The van der Waals surface area contributed by atoms with Crippen molar-refractivity contribution in [2.75, 3.05) is 0 Å². The fourth-order valence-corrected chi connectivity index (χ4v) is 3.52. The second-order valence-electron chi connectivity index (χ2n) is 5.78. The molecule has 0 bridgehead atoms. The van der Waals surface area contributed by atoms with Crippen LogP contribution in [-0.4, -0.2) is 12.7 Å². The highest BCUT2D eigenvalue weighted by atomic mass is 16.5. The molecule has 5 aromatic rings. The second-order valence-corrected chi connectivity index (χ2v) is 5.78. The molecule has 5 rings (SSSR count). The lowest BCUT2D eigenvalue weighted by atomic mass is 9.99. The molecule has 0 aliphatic carbocycles. The van der Waals surface area contributed by atoms with E-state index < -0.39 is 0 Å². The summed E-state index contributed by atoms with van der Waals surface area (Å²) < 4.78 is 11.4. The van der Waals surface area contributed by atoms with Crippen molar-refractivity contribution < 1.29 is 14.1 Å². The molecule has 3 nitrogen and oxygen atoms in total. The van der Waals surface area contributed by atoms with Gasteiger partial charge >= 0.3 is 7.69 Å². The molecule has 0 aliphatic rings. The van der Waals surface area contributed by atoms with Gasteiger partial charge in [-0.05, 0) is 22.2 Å². The van der Waals surface area contributed by atoms with E-state index in [-0.39, 0.29) is 0 Å². The summed E-state index contributed by atoms with van der Waals surface area (Å²) in [7, 11) is 0.700. The summed E-state index contributed by atoms with van der Waals surface area (Å²) >= 11 is 0. The van der Waals surface area contributed by atoms with Crippen LogP contribution < -0.4 is 4.65 Å². The van der Waals surface area contributed by atoms with Gasteiger partial charge in [0.15, 0.2) is 0 Å². The Bertz CT molecular complexity index is 1220. The van der Waals surface area contributed by atoms with Crippen molar-refractivity contribution in [1.29, 1.82) is 0 Å². The van der Waals surface area contributed by atoms with Crippen molar-refractivity contribution in [3.8, 4) is 5.75 Å². The van der Waals surface area contributed by atoms with E-state index in [9.17, 15) is 0 Å². The van der Waals surface area contributed by atoms with Gasteiger partial charge in [-0.2, -0.15) is 0 Å². The lowest BCUT2D eigenvalue weighted by Crippen LogP contribution is -2.00. The first-order valence-electron chi connectivity index (χ1n) is 7.75. The fourth-order valence-electron chi connectivity index (χ4n) is 3.52. The van der Waals surface area contributed by atoms with Crippen molar-refractivity contribution in [1.82, 2.24) is 0 Å². The minimum atomic E-state index is 0.573. The van der Waals surface area contributed by atoms with Gasteiger partial charge in [0.25, 0.3) is 0 Å². The minimum Gasteiger partial charge on any atom is -0.537 e. The monoisotopic (exact) mass is 311 g/mol. The Morgan fingerprint density at radius 3 is 2.29 bits per heavy atom. The summed E-state index contributed by atoms with van der Waals surface area (Å²) in [5.41, 5.74) is 1.59. The van der Waals surface area contributed by atoms with Crippen molar-refractivity contribution in [2.24, 2.45) is 0 Å². The number of fused-ring (bicyclic) bond motifs is 7. The Balaban J connectivity index is 2.07. The van der Waals surface area contributed by atoms with Gasteiger partial charge in [-0.25, -0.2) is 0 Å². The molecular formula is C20H12BO3. The Kier molecular flexibility index (Phi) is 2.81. The first-order valence-corrected chi connectivity index (χ1v) is 7.75. The molecule has 0 spiro atoms. The van der Waals surface area contributed by atoms with E-state index in [4.69, 9.17) is 14.1 Å². The zero-order valence-corrected chi connectivity index (χ0v) is 12.7. The van der Waals surface area contributed by atoms with Crippen LogP contribution in [0.15, 0.2) is 71.1 Å². The lowest BCUT2D eigenvalue weighted by molar-refractivity contribution is 0.456. The summed E-state index contributed by atoms with van der Waals surface area (Å²) in [4.78, 5) is 0. The van der Waals surface area contributed by atoms with Crippen LogP contribution in [0, 0.1) is 0 Å². The topological polar surface area (TPSA) is 42.6 Å². The Labute approximate surface area is 138 Å². The van der Waals surface area contributed by atoms with Gasteiger partial charge in [-0.15, -0.1) is 0 Å². The molecule has 1 heterocycles. The predicted molar refractivity (Wildman–Crippen MR) is 97.3 cm³/mol. The van der Waals surface area contributed by atoms with Crippen LogP contribution in [0.1, 0.15) is 0 Å². The van der Waals surface area contributed by atoms with Crippen LogP contribution in [0.25, 0.3) is 43.5 Å². The molecule has 0 aliphatic heterocycles. The van der Waals surface area contributed by atoms with Gasteiger partial charge < -0.3 is 14.1 Å². The normalized spacial score (nSPS) is 11.5. The molecule has 1 radical (unpaired) electrons. The minimum absolute atomic E-state index is 0.573. The molecular weight excluding hydrogens is 299 g/mol. The largest absolute Gasteiger partial charge is 0.569 e. The first-order chi connectivity index (χ1) is 11.9. The van der Waals surface area contributed by atoms with E-state index in [1.165, 1.54) is 10.8 Å². The van der Waals surface area contributed by atoms with Crippen molar-refractivity contribution in [3.05, 3.63) is 66.7 Å². The molecule has 113 valence electrons. The smallest absolute Gasteiger partial charge is 0.537 e. The molecule has 0 atom stereocenters. The Morgan fingerprint density at radius 1 is 0.750 bits per heavy atom. The fraction of sp³-hybridized carbons (Fsp3) is 0. The van der Waals surface area contributed by atoms with E-state index in [0.29, 0.717) is 13.4 Å². The average Bonchev–Trinajstić information content (AvgIpc) is 3.01. The highest BCUT2D eigenvalue weighted by molar-refractivity contribution is 6.27. The highest BCUT2D eigenvalue weighted by Crippen LogP contribution is 2.41. The zero-order chi connectivity index (χ0) is 16.1. The van der Waals surface area contributed by atoms with Crippen molar-refractivity contribution in [2.45, 2.75) is 0 Å². The van der Waals surface area contributed by atoms with E-state index in [1.807, 2.05) is 42.5 Å². The summed E-state index contributed by atoms with van der Waals surface area (Å²) in [6.07, 6.45) is 0. The summed E-state index contributed by atoms with van der Waals surface area (Å²) in [5, 5.41) is 15.6. The number of benzene rings is 4. The molecule has 4 aromatic carbocycles. The molecule has 0 amide bonds. The zero-order valence-electron chi connectivity index (χ0n) is 12.7. The van der Waals surface area contributed by atoms with Gasteiger partial charge in [0, 0.05) is 22.2 Å². The molecule has 0 fully saturated rings. The summed E-state index contributed by atoms with van der Waals surface area (Å²) in [6.45, 7) is 0. The van der Waals surface area contributed by atoms with Crippen LogP contribution in [0.3, 0.4) is 0 Å². The second kappa shape index (κ2) is 5.01. The van der Waals surface area contributed by atoms with Crippen molar-refractivity contribution >= 4 is 51.2 Å². The third-order valence-corrected chi connectivity index (χ3v) is 4.51. The first kappa shape index (κ1) is 13.5. The summed E-state index contributed by atoms with van der Waals surface area (Å²) in [6, 6.07) is 22.2. The molecule has 24 heavy (non-hydrogen) atoms. The van der Waals surface area contributed by atoms with Gasteiger partial charge in [0.1, 0.15) is 16.9 Å². The Hall–Kier alpha value is -2.98. The van der Waals surface area contributed by atoms with E-state index >= 15 is 0 Å².